The first-order valence-corrected chi connectivity index (χ1v) is 34.4. The van der Waals surface area contributed by atoms with Gasteiger partial charge in [-0.25, -0.2) is 0 Å². The summed E-state index contributed by atoms with van der Waals surface area (Å²) in [6.45, 7) is 9.98. The molecule has 9 N–H and O–H groups in total. The number of hydrogen-bond acceptors (Lipinski definition) is 21. The van der Waals surface area contributed by atoms with Crippen molar-refractivity contribution in [3.8, 4) is 0 Å². The Kier molecular flexibility index (Phi) is 58.6. The van der Waals surface area contributed by atoms with Crippen LogP contribution in [0.4, 0.5) is 0 Å². The fourth-order valence-corrected chi connectivity index (χ4v) is 9.16. The van der Waals surface area contributed by atoms with Gasteiger partial charge in [-0.15, -0.1) is 0 Å². The van der Waals surface area contributed by atoms with Crippen LogP contribution in [-0.4, -0.2) is 265 Å². The van der Waals surface area contributed by atoms with Gasteiger partial charge in [0.25, 0.3) is 0 Å². The minimum absolute atomic E-state index is 0.0287. The van der Waals surface area contributed by atoms with Crippen molar-refractivity contribution in [3.05, 3.63) is 0 Å². The maximum Gasteiger partial charge on any atom is 0.303 e. The summed E-state index contributed by atoms with van der Waals surface area (Å²) >= 11 is 0. The molecule has 1 fully saturated rings. The molecular weight excluding hydrogens is 1250 g/mol. The van der Waals surface area contributed by atoms with Gasteiger partial charge in [-0.3, -0.25) is 43.2 Å². The van der Waals surface area contributed by atoms with Crippen LogP contribution in [0.1, 0.15) is 161 Å². The zero-order chi connectivity index (χ0) is 69.3. The zero-order valence-electron chi connectivity index (χ0n) is 56.8. The number of carbonyl (C=O) groups is 9. The smallest absolute Gasteiger partial charge is 0.303 e. The quantitative estimate of drug-likeness (QED) is 0.0395. The predicted molar refractivity (Wildman–Crippen MR) is 348 cm³/mol. The van der Waals surface area contributed by atoms with E-state index in [0.29, 0.717) is 131 Å². The summed E-state index contributed by atoms with van der Waals surface area (Å²) in [5.41, 5.74) is -0.928. The molecule has 95 heavy (non-hydrogen) atoms. The van der Waals surface area contributed by atoms with E-state index in [9.17, 15) is 43.2 Å². The molecule has 3 atom stereocenters. The SMILES string of the molecule is CC(COCC(=O)NCCOCCOCCOCCC(=O)NCCCCCCCC(=O)O)(OCCC(=O)NCCOCCOCCOCCC(=O)NCCCCCCCC(=O)O)C1CC1OCCC(=O)NCCOCCOCCOCCC(=O)NCCCCCCCC(=O)O. The molecule has 30 nitrogen and oxygen atoms in total. The van der Waals surface area contributed by atoms with Crippen LogP contribution in [0, 0.1) is 5.92 Å². The van der Waals surface area contributed by atoms with Crippen LogP contribution in [0.3, 0.4) is 0 Å². The molecule has 6 amide bonds. The van der Waals surface area contributed by atoms with E-state index in [1.165, 1.54) is 0 Å². The molecule has 1 rings (SSSR count). The molecule has 0 saturated heterocycles. The third-order valence-corrected chi connectivity index (χ3v) is 14.6. The van der Waals surface area contributed by atoms with E-state index < -0.39 is 23.5 Å². The highest BCUT2D eigenvalue weighted by Gasteiger charge is 2.52. The fraction of sp³-hybridized carbons (Fsp3) is 0.862. The summed E-state index contributed by atoms with van der Waals surface area (Å²) in [7, 11) is 0. The van der Waals surface area contributed by atoms with Gasteiger partial charge < -0.3 is 104 Å². The van der Waals surface area contributed by atoms with Crippen molar-refractivity contribution in [3.63, 3.8) is 0 Å². The normalized spacial score (nSPS) is 14.0. The topological polar surface area (TPSA) is 397 Å². The van der Waals surface area contributed by atoms with Crippen LogP contribution in [0.5, 0.6) is 0 Å². The van der Waals surface area contributed by atoms with Crippen molar-refractivity contribution in [1.82, 2.24) is 31.9 Å². The van der Waals surface area contributed by atoms with Crippen LogP contribution < -0.4 is 31.9 Å². The summed E-state index contributed by atoms with van der Waals surface area (Å²) < 4.78 is 67.9. The molecule has 0 spiro atoms. The maximum absolute atomic E-state index is 12.8. The summed E-state index contributed by atoms with van der Waals surface area (Å²) in [5.74, 6) is -3.52. The third kappa shape index (κ3) is 60.9. The van der Waals surface area contributed by atoms with Crippen LogP contribution in [0.2, 0.25) is 0 Å². The summed E-state index contributed by atoms with van der Waals surface area (Å²) in [4.78, 5) is 106. The van der Waals surface area contributed by atoms with E-state index >= 15 is 0 Å². The fourth-order valence-electron chi connectivity index (χ4n) is 9.16. The molecule has 0 aromatic rings. The number of rotatable bonds is 73. The first kappa shape index (κ1) is 87.8. The second kappa shape index (κ2) is 63.5. The lowest BCUT2D eigenvalue weighted by Crippen LogP contribution is -2.41. The van der Waals surface area contributed by atoms with Gasteiger partial charge in [0.05, 0.1) is 150 Å². The molecule has 3 unspecified atom stereocenters. The van der Waals surface area contributed by atoms with Gasteiger partial charge in [0.1, 0.15) is 6.61 Å². The van der Waals surface area contributed by atoms with Gasteiger partial charge in [-0.05, 0) is 51.9 Å². The Morgan fingerprint density at radius 2 is 0.579 bits per heavy atom. The number of ether oxygens (including phenoxy) is 12. The highest BCUT2D eigenvalue weighted by Crippen LogP contribution is 2.45. The van der Waals surface area contributed by atoms with Crippen molar-refractivity contribution in [2.45, 2.75) is 173 Å². The van der Waals surface area contributed by atoms with Crippen molar-refractivity contribution in [1.29, 1.82) is 0 Å². The minimum atomic E-state index is -0.928. The minimum Gasteiger partial charge on any atom is -0.481 e. The molecule has 1 aliphatic rings. The maximum atomic E-state index is 12.8. The summed E-state index contributed by atoms with van der Waals surface area (Å²) in [6, 6.07) is 0. The highest BCUT2D eigenvalue weighted by atomic mass is 16.6. The van der Waals surface area contributed by atoms with E-state index in [2.05, 4.69) is 31.9 Å². The number of carboxylic acid groups (broad SMARTS) is 3. The van der Waals surface area contributed by atoms with Gasteiger partial charge in [0.2, 0.25) is 35.4 Å². The molecule has 30 heteroatoms. The van der Waals surface area contributed by atoms with Gasteiger partial charge in [0.15, 0.2) is 0 Å². The molecule has 552 valence electrons. The molecule has 1 aliphatic carbocycles. The van der Waals surface area contributed by atoms with Gasteiger partial charge in [0, 0.05) is 96.6 Å². The van der Waals surface area contributed by atoms with Crippen LogP contribution in [0.25, 0.3) is 0 Å². The van der Waals surface area contributed by atoms with Gasteiger partial charge in [-0.2, -0.15) is 0 Å². The van der Waals surface area contributed by atoms with Crippen LogP contribution in [0.15, 0.2) is 0 Å². The number of nitrogens with one attached hydrogen (secondary N) is 6. The van der Waals surface area contributed by atoms with E-state index in [4.69, 9.17) is 72.2 Å². The highest BCUT2D eigenvalue weighted by molar-refractivity contribution is 5.78. The lowest BCUT2D eigenvalue weighted by molar-refractivity contribution is -0.138. The van der Waals surface area contributed by atoms with Crippen molar-refractivity contribution >= 4 is 53.4 Å². The Morgan fingerprint density at radius 1 is 0.305 bits per heavy atom. The Bertz CT molecular complexity index is 1910. The molecule has 0 heterocycles. The number of amides is 6. The number of hydrogen-bond donors (Lipinski definition) is 9. The Hall–Kier alpha value is -5.25. The number of carboxylic acids is 3. The Labute approximate surface area is 562 Å². The van der Waals surface area contributed by atoms with E-state index in [1.807, 2.05) is 6.92 Å². The standard InChI is InChI=1S/C65H118N6O24/c1-65(53-93-52-61(77)71-30-38-89-44-50-92-47-41-86-33-22-58(74)68-27-16-10-4-7-13-19-64(82)83,95-35-24-60(76)70-29-37-88-43-49-91-46-40-85-32-21-57(73)67-26-15-9-3-6-12-18-63(80)81)54-51-55(54)94-34-23-59(75)69-28-36-87-42-48-90-45-39-84-31-20-56(72)66-25-14-8-2-5-11-17-62(78)79/h54-55H,2-53H2,1H3,(H,66,72)(H,67,73)(H,68,74)(H,69,75)(H,70,76)(H,71,77)(H,78,79)(H,80,81)(H,82,83). The Morgan fingerprint density at radius 3 is 0.926 bits per heavy atom. The summed E-state index contributed by atoms with van der Waals surface area (Å²) in [6.07, 6.45) is 14.7. The zero-order valence-corrected chi connectivity index (χ0v) is 56.8. The number of unbranched alkanes of at least 4 members (excludes halogenated alkanes) is 12. The second-order valence-corrected chi connectivity index (χ2v) is 23.0. The Balaban J connectivity index is 2.32. The molecule has 1 saturated carbocycles. The van der Waals surface area contributed by atoms with E-state index in [1.54, 1.807) is 0 Å². The third-order valence-electron chi connectivity index (χ3n) is 14.6. The first-order chi connectivity index (χ1) is 46.1. The summed E-state index contributed by atoms with van der Waals surface area (Å²) in [5, 5.41) is 43.0. The number of aliphatic carboxylic acids is 3. The molecule has 0 aromatic heterocycles. The average Bonchev–Trinajstić information content (AvgIpc) is 1.63. The van der Waals surface area contributed by atoms with Gasteiger partial charge >= 0.3 is 17.9 Å². The van der Waals surface area contributed by atoms with Crippen molar-refractivity contribution < 1.29 is 115 Å². The first-order valence-electron chi connectivity index (χ1n) is 34.4. The molecule has 0 aliphatic heterocycles. The lowest BCUT2D eigenvalue weighted by atomic mass is 10.0. The second-order valence-electron chi connectivity index (χ2n) is 23.0. The van der Waals surface area contributed by atoms with E-state index in [-0.39, 0.29) is 178 Å². The predicted octanol–water partition coefficient (Wildman–Crippen LogP) is 3.26. The molecule has 0 aromatic carbocycles. The average molecular weight is 1370 g/mol. The van der Waals surface area contributed by atoms with Crippen LogP contribution >= 0.6 is 0 Å². The molecule has 0 radical (unpaired) electrons. The lowest BCUT2D eigenvalue weighted by Gasteiger charge is -2.30. The van der Waals surface area contributed by atoms with Crippen molar-refractivity contribution in [2.75, 3.05) is 185 Å². The monoisotopic (exact) mass is 1370 g/mol. The largest absolute Gasteiger partial charge is 0.481 e. The number of carbonyl (C=O) groups excluding carboxylic acids is 6. The van der Waals surface area contributed by atoms with Gasteiger partial charge in [-0.1, -0.05) is 57.8 Å². The van der Waals surface area contributed by atoms with Crippen LogP contribution in [-0.2, 0) is 100.0 Å². The van der Waals surface area contributed by atoms with E-state index in [0.717, 1.165) is 77.0 Å². The van der Waals surface area contributed by atoms with Crippen molar-refractivity contribution in [2.24, 2.45) is 5.92 Å². The molecule has 0 bridgehead atoms. The molecular formula is C65H118N6O24.